The number of hydrogen-bond donors (Lipinski definition) is 1. The highest BCUT2D eigenvalue weighted by molar-refractivity contribution is 9.10. The normalized spacial score (nSPS) is 19.2. The molecule has 0 spiro atoms. The Balaban J connectivity index is 1.82. The molecule has 0 bridgehead atoms. The number of nitrogens with zero attached hydrogens (tertiary/aromatic N) is 1. The molecule has 110 valence electrons. The van der Waals surface area contributed by atoms with Crippen molar-refractivity contribution in [1.29, 1.82) is 0 Å². The Labute approximate surface area is 133 Å². The van der Waals surface area contributed by atoms with Crippen LogP contribution in [-0.4, -0.2) is 11.6 Å². The lowest BCUT2D eigenvalue weighted by atomic mass is 10.00. The summed E-state index contributed by atoms with van der Waals surface area (Å²) in [5.74, 6) is 0.984. The minimum atomic E-state index is 0.262. The Kier molecular flexibility index (Phi) is 4.56. The smallest absolute Gasteiger partial charge is 0.125 e. The molecule has 2 aromatic rings. The number of fused-ring (bicyclic) bond motifs is 1. The highest BCUT2D eigenvalue weighted by Gasteiger charge is 2.21. The van der Waals surface area contributed by atoms with E-state index in [9.17, 15) is 0 Å². The molecule has 0 aliphatic carbocycles. The lowest BCUT2D eigenvalue weighted by molar-refractivity contribution is 0.314. The zero-order valence-electron chi connectivity index (χ0n) is 12.1. The molecule has 4 heteroatoms. The Morgan fingerprint density at radius 1 is 1.38 bits per heavy atom. The predicted molar refractivity (Wildman–Crippen MR) is 87.4 cm³/mol. The molecular formula is C17H19BrN2O. The summed E-state index contributed by atoms with van der Waals surface area (Å²) in [6, 6.07) is 11.0. The summed E-state index contributed by atoms with van der Waals surface area (Å²) in [7, 11) is 0. The standard InChI is InChI=1S/C17H19BrN2O/c1-12(13-4-2-8-19-11-13)20-16-5-3-9-21-17-10-14(18)6-7-15(16)17/h2,4,6-8,10-12,16,20H,3,5,9H2,1H3/t12-,16?/m1/s1. The molecule has 0 fully saturated rings. The second kappa shape index (κ2) is 6.58. The van der Waals surface area contributed by atoms with Crippen molar-refractivity contribution in [2.45, 2.75) is 31.8 Å². The van der Waals surface area contributed by atoms with Crippen LogP contribution < -0.4 is 10.1 Å². The first-order valence-corrected chi connectivity index (χ1v) is 8.11. The van der Waals surface area contributed by atoms with Gasteiger partial charge in [0.2, 0.25) is 0 Å². The molecule has 3 rings (SSSR count). The fourth-order valence-electron chi connectivity index (χ4n) is 2.75. The van der Waals surface area contributed by atoms with Gasteiger partial charge < -0.3 is 10.1 Å². The van der Waals surface area contributed by atoms with Gasteiger partial charge in [0, 0.05) is 34.5 Å². The average molecular weight is 347 g/mol. The van der Waals surface area contributed by atoms with Crippen molar-refractivity contribution in [1.82, 2.24) is 10.3 Å². The van der Waals surface area contributed by atoms with Crippen LogP contribution in [0.5, 0.6) is 5.75 Å². The largest absolute Gasteiger partial charge is 0.493 e. The van der Waals surface area contributed by atoms with E-state index in [1.165, 1.54) is 11.1 Å². The lowest BCUT2D eigenvalue weighted by Crippen LogP contribution is -2.24. The summed E-state index contributed by atoms with van der Waals surface area (Å²) >= 11 is 3.51. The maximum Gasteiger partial charge on any atom is 0.125 e. The molecule has 1 N–H and O–H groups in total. The van der Waals surface area contributed by atoms with E-state index in [1.54, 1.807) is 0 Å². The van der Waals surface area contributed by atoms with Crippen LogP contribution in [0.2, 0.25) is 0 Å². The van der Waals surface area contributed by atoms with Crippen LogP contribution >= 0.6 is 15.9 Å². The molecule has 21 heavy (non-hydrogen) atoms. The van der Waals surface area contributed by atoms with Crippen LogP contribution in [0.4, 0.5) is 0 Å². The maximum absolute atomic E-state index is 5.86. The van der Waals surface area contributed by atoms with Crippen molar-refractivity contribution >= 4 is 15.9 Å². The van der Waals surface area contributed by atoms with Gasteiger partial charge in [-0.25, -0.2) is 0 Å². The SMILES string of the molecule is C[C@@H](NC1CCCOc2cc(Br)ccc21)c1cccnc1. The lowest BCUT2D eigenvalue weighted by Gasteiger charge is -2.23. The van der Waals surface area contributed by atoms with Crippen LogP contribution in [-0.2, 0) is 0 Å². The van der Waals surface area contributed by atoms with Gasteiger partial charge in [0.1, 0.15) is 5.75 Å². The van der Waals surface area contributed by atoms with Crippen LogP contribution in [0.25, 0.3) is 0 Å². The molecule has 2 atom stereocenters. The topological polar surface area (TPSA) is 34.1 Å². The summed E-state index contributed by atoms with van der Waals surface area (Å²) < 4.78 is 6.92. The van der Waals surface area contributed by atoms with Gasteiger partial charge in [0.25, 0.3) is 0 Å². The van der Waals surface area contributed by atoms with E-state index in [-0.39, 0.29) is 6.04 Å². The highest BCUT2D eigenvalue weighted by atomic mass is 79.9. The van der Waals surface area contributed by atoms with Gasteiger partial charge in [-0.15, -0.1) is 0 Å². The number of halogens is 1. The minimum Gasteiger partial charge on any atom is -0.493 e. The number of rotatable bonds is 3. The molecular weight excluding hydrogens is 328 g/mol. The third kappa shape index (κ3) is 3.44. The number of benzene rings is 1. The Bertz CT molecular complexity index is 603. The summed E-state index contributed by atoms with van der Waals surface area (Å²) in [6.45, 7) is 2.96. The van der Waals surface area contributed by atoms with Gasteiger partial charge >= 0.3 is 0 Å². The van der Waals surface area contributed by atoms with Crippen molar-refractivity contribution in [2.24, 2.45) is 0 Å². The molecule has 0 radical (unpaired) electrons. The molecule has 1 aliphatic heterocycles. The van der Waals surface area contributed by atoms with Gasteiger partial charge in [0.15, 0.2) is 0 Å². The first-order chi connectivity index (χ1) is 10.2. The first-order valence-electron chi connectivity index (χ1n) is 7.32. The Morgan fingerprint density at radius 2 is 2.29 bits per heavy atom. The number of nitrogens with one attached hydrogen (secondary N) is 1. The fraction of sp³-hybridized carbons (Fsp3) is 0.353. The van der Waals surface area contributed by atoms with Crippen LogP contribution in [0.15, 0.2) is 47.2 Å². The predicted octanol–water partition coefficient (Wildman–Crippen LogP) is 4.41. The summed E-state index contributed by atoms with van der Waals surface area (Å²) in [4.78, 5) is 4.20. The molecule has 1 aromatic heterocycles. The van der Waals surface area contributed by atoms with Gasteiger partial charge in [-0.1, -0.05) is 28.1 Å². The Morgan fingerprint density at radius 3 is 3.10 bits per heavy atom. The molecule has 1 aliphatic rings. The summed E-state index contributed by atoms with van der Waals surface area (Å²) in [6.07, 6.45) is 5.87. The van der Waals surface area contributed by atoms with E-state index in [4.69, 9.17) is 4.74 Å². The minimum absolute atomic E-state index is 0.262. The second-order valence-corrected chi connectivity index (χ2v) is 6.32. The van der Waals surface area contributed by atoms with Crippen molar-refractivity contribution in [3.63, 3.8) is 0 Å². The van der Waals surface area contributed by atoms with E-state index in [1.807, 2.05) is 18.5 Å². The van der Waals surface area contributed by atoms with Gasteiger partial charge in [-0.05, 0) is 43.5 Å². The first kappa shape index (κ1) is 14.5. The quantitative estimate of drug-likeness (QED) is 0.893. The zero-order valence-corrected chi connectivity index (χ0v) is 13.6. The van der Waals surface area contributed by atoms with Crippen molar-refractivity contribution in [3.05, 3.63) is 58.3 Å². The number of pyridine rings is 1. The van der Waals surface area contributed by atoms with Gasteiger partial charge in [-0.2, -0.15) is 0 Å². The summed E-state index contributed by atoms with van der Waals surface area (Å²) in [5.41, 5.74) is 2.45. The summed E-state index contributed by atoms with van der Waals surface area (Å²) in [5, 5.41) is 3.72. The molecule has 1 unspecified atom stereocenters. The fourth-order valence-corrected chi connectivity index (χ4v) is 3.09. The third-order valence-corrected chi connectivity index (χ3v) is 4.37. The zero-order chi connectivity index (χ0) is 14.7. The second-order valence-electron chi connectivity index (χ2n) is 5.40. The van der Waals surface area contributed by atoms with E-state index in [2.05, 4.69) is 57.4 Å². The van der Waals surface area contributed by atoms with Crippen molar-refractivity contribution in [3.8, 4) is 5.75 Å². The van der Waals surface area contributed by atoms with Crippen LogP contribution in [0.3, 0.4) is 0 Å². The van der Waals surface area contributed by atoms with E-state index in [0.29, 0.717) is 6.04 Å². The molecule has 0 saturated carbocycles. The Hall–Kier alpha value is -1.39. The van der Waals surface area contributed by atoms with Crippen LogP contribution in [0, 0.1) is 0 Å². The molecule has 0 saturated heterocycles. The van der Waals surface area contributed by atoms with E-state index < -0.39 is 0 Å². The molecule has 3 nitrogen and oxygen atoms in total. The van der Waals surface area contributed by atoms with E-state index >= 15 is 0 Å². The monoisotopic (exact) mass is 346 g/mol. The van der Waals surface area contributed by atoms with Gasteiger partial charge in [0.05, 0.1) is 6.61 Å². The van der Waals surface area contributed by atoms with Gasteiger partial charge in [-0.3, -0.25) is 4.98 Å². The number of ether oxygens (including phenoxy) is 1. The van der Waals surface area contributed by atoms with E-state index in [0.717, 1.165) is 29.7 Å². The maximum atomic E-state index is 5.86. The molecule has 1 aromatic carbocycles. The number of aromatic nitrogens is 1. The molecule has 2 heterocycles. The van der Waals surface area contributed by atoms with Crippen LogP contribution in [0.1, 0.15) is 43.0 Å². The average Bonchev–Trinajstić information content (AvgIpc) is 2.70. The highest BCUT2D eigenvalue weighted by Crippen LogP contribution is 2.35. The van der Waals surface area contributed by atoms with Crippen molar-refractivity contribution < 1.29 is 4.74 Å². The van der Waals surface area contributed by atoms with Crippen molar-refractivity contribution in [2.75, 3.05) is 6.61 Å². The number of hydrogen-bond acceptors (Lipinski definition) is 3. The molecule has 0 amide bonds. The third-order valence-electron chi connectivity index (χ3n) is 3.88.